The molecule has 1 atom stereocenters. The summed E-state index contributed by atoms with van der Waals surface area (Å²) in [5.74, 6) is 0.206. The predicted octanol–water partition coefficient (Wildman–Crippen LogP) is 4.26. The summed E-state index contributed by atoms with van der Waals surface area (Å²) in [5, 5.41) is 0. The van der Waals surface area contributed by atoms with Crippen LogP contribution in [0.3, 0.4) is 0 Å². The van der Waals surface area contributed by atoms with Crippen molar-refractivity contribution in [3.8, 4) is 0 Å². The lowest BCUT2D eigenvalue weighted by Gasteiger charge is -2.40. The van der Waals surface area contributed by atoms with Gasteiger partial charge in [-0.2, -0.15) is 0 Å². The van der Waals surface area contributed by atoms with E-state index in [1.54, 1.807) is 19.0 Å². The van der Waals surface area contributed by atoms with Gasteiger partial charge >= 0.3 is 0 Å². The van der Waals surface area contributed by atoms with Gasteiger partial charge in [-0.15, -0.1) is 0 Å². The minimum absolute atomic E-state index is 0.0108. The van der Waals surface area contributed by atoms with Gasteiger partial charge in [-0.25, -0.2) is 0 Å². The van der Waals surface area contributed by atoms with Crippen molar-refractivity contribution >= 4 is 11.8 Å². The predicted molar refractivity (Wildman–Crippen MR) is 106 cm³/mol. The molecular formula is C22H32N2O2. The fourth-order valence-electron chi connectivity index (χ4n) is 3.53. The lowest BCUT2D eigenvalue weighted by Crippen LogP contribution is -2.44. The van der Waals surface area contributed by atoms with Gasteiger partial charge in [0.05, 0.1) is 0 Å². The molecule has 1 aliphatic heterocycles. The summed E-state index contributed by atoms with van der Waals surface area (Å²) in [6, 6.07) is 7.63. The van der Waals surface area contributed by atoms with Crippen LogP contribution in [0.4, 0.5) is 0 Å². The van der Waals surface area contributed by atoms with E-state index < -0.39 is 0 Å². The molecular weight excluding hydrogens is 324 g/mol. The number of carbonyl (C=O) groups excluding carboxylic acids is 2. The molecule has 0 unspecified atom stereocenters. The fraction of sp³-hybridized carbons (Fsp3) is 0.545. The molecule has 1 aromatic rings. The van der Waals surface area contributed by atoms with E-state index in [1.807, 2.05) is 29.2 Å². The van der Waals surface area contributed by atoms with Gasteiger partial charge in [-0.1, -0.05) is 30.7 Å². The number of hydrogen-bond acceptors (Lipinski definition) is 2. The minimum Gasteiger partial charge on any atom is -0.345 e. The van der Waals surface area contributed by atoms with Gasteiger partial charge in [-0.3, -0.25) is 9.59 Å². The Balaban J connectivity index is 2.07. The molecule has 1 fully saturated rings. The quantitative estimate of drug-likeness (QED) is 0.715. The van der Waals surface area contributed by atoms with Crippen LogP contribution < -0.4 is 0 Å². The maximum Gasteiger partial charge on any atom is 0.253 e. The second-order valence-electron chi connectivity index (χ2n) is 8.28. The Morgan fingerprint density at radius 2 is 2.04 bits per heavy atom. The first-order chi connectivity index (χ1) is 12.2. The number of nitrogens with zero attached hydrogens (tertiary/aromatic N) is 2. The van der Waals surface area contributed by atoms with Crippen LogP contribution >= 0.6 is 0 Å². The third-order valence-electron chi connectivity index (χ3n) is 5.12. The Hall–Kier alpha value is -2.10. The Bertz CT molecular complexity index is 689. The van der Waals surface area contributed by atoms with Gasteiger partial charge in [0.15, 0.2) is 0 Å². The van der Waals surface area contributed by atoms with Gasteiger partial charge in [0.2, 0.25) is 5.91 Å². The number of benzene rings is 1. The Labute approximate surface area is 157 Å². The Kier molecular flexibility index (Phi) is 6.63. The molecule has 1 aromatic carbocycles. The summed E-state index contributed by atoms with van der Waals surface area (Å²) >= 11 is 0. The normalized spacial score (nSPS) is 20.0. The summed E-state index contributed by atoms with van der Waals surface area (Å²) in [5.41, 5.74) is 3.19. The number of amides is 2. The average molecular weight is 357 g/mol. The number of allylic oxidation sites excluding steroid dienone is 2. The summed E-state index contributed by atoms with van der Waals surface area (Å²) in [6.07, 6.45) is 6.01. The molecule has 2 rings (SSSR count). The van der Waals surface area contributed by atoms with Gasteiger partial charge < -0.3 is 9.80 Å². The van der Waals surface area contributed by atoms with Crippen molar-refractivity contribution in [3.63, 3.8) is 0 Å². The van der Waals surface area contributed by atoms with E-state index in [4.69, 9.17) is 0 Å². The number of piperidine rings is 1. The first-order valence-corrected chi connectivity index (χ1v) is 9.42. The fourth-order valence-corrected chi connectivity index (χ4v) is 3.53. The lowest BCUT2D eigenvalue weighted by molar-refractivity contribution is -0.138. The van der Waals surface area contributed by atoms with Crippen LogP contribution in [0.25, 0.3) is 0 Å². The van der Waals surface area contributed by atoms with Gasteiger partial charge in [0.1, 0.15) is 0 Å². The van der Waals surface area contributed by atoms with Crippen molar-refractivity contribution in [2.75, 3.05) is 20.6 Å². The second kappa shape index (κ2) is 8.52. The maximum absolute atomic E-state index is 12.4. The smallest absolute Gasteiger partial charge is 0.253 e. The highest BCUT2D eigenvalue weighted by Crippen LogP contribution is 2.35. The zero-order chi connectivity index (χ0) is 19.3. The topological polar surface area (TPSA) is 40.6 Å². The van der Waals surface area contributed by atoms with E-state index in [0.717, 1.165) is 31.4 Å². The Morgan fingerprint density at radius 1 is 1.31 bits per heavy atom. The minimum atomic E-state index is -0.0108. The SMILES string of the molecule is CC(C)=CCC[C@]1(C)CCC(=O)N(Cc2cccc(C(=O)N(C)C)c2)C1. The molecule has 1 saturated heterocycles. The van der Waals surface area contributed by atoms with Crippen LogP contribution in [0, 0.1) is 5.41 Å². The number of likely N-dealkylation sites (tertiary alicyclic amines) is 1. The number of rotatable bonds is 6. The van der Waals surface area contributed by atoms with Crippen LogP contribution in [-0.4, -0.2) is 42.3 Å². The molecule has 4 nitrogen and oxygen atoms in total. The van der Waals surface area contributed by atoms with Gasteiger partial charge in [0, 0.05) is 39.2 Å². The molecule has 0 aliphatic carbocycles. The molecule has 0 bridgehead atoms. The maximum atomic E-state index is 12.4. The monoisotopic (exact) mass is 356 g/mol. The first-order valence-electron chi connectivity index (χ1n) is 9.42. The average Bonchev–Trinajstić information content (AvgIpc) is 2.57. The van der Waals surface area contributed by atoms with E-state index in [9.17, 15) is 9.59 Å². The highest BCUT2D eigenvalue weighted by Gasteiger charge is 2.34. The molecule has 4 heteroatoms. The van der Waals surface area contributed by atoms with Crippen LogP contribution in [0.1, 0.15) is 62.4 Å². The molecule has 0 aromatic heterocycles. The number of hydrogen-bond donors (Lipinski definition) is 0. The van der Waals surface area contributed by atoms with Crippen molar-refractivity contribution < 1.29 is 9.59 Å². The van der Waals surface area contributed by atoms with Crippen molar-refractivity contribution in [1.82, 2.24) is 9.80 Å². The Morgan fingerprint density at radius 3 is 2.69 bits per heavy atom. The molecule has 1 aliphatic rings. The third-order valence-corrected chi connectivity index (χ3v) is 5.12. The summed E-state index contributed by atoms with van der Waals surface area (Å²) in [7, 11) is 3.50. The highest BCUT2D eigenvalue weighted by atomic mass is 16.2. The highest BCUT2D eigenvalue weighted by molar-refractivity contribution is 5.94. The molecule has 0 N–H and O–H groups in total. The van der Waals surface area contributed by atoms with Crippen molar-refractivity contribution in [2.24, 2.45) is 5.41 Å². The van der Waals surface area contributed by atoms with E-state index in [-0.39, 0.29) is 17.2 Å². The van der Waals surface area contributed by atoms with E-state index in [0.29, 0.717) is 18.5 Å². The third kappa shape index (κ3) is 5.45. The largest absolute Gasteiger partial charge is 0.345 e. The molecule has 1 heterocycles. The van der Waals surface area contributed by atoms with Crippen molar-refractivity contribution in [2.45, 2.75) is 53.0 Å². The molecule has 2 amide bonds. The number of carbonyl (C=O) groups is 2. The van der Waals surface area contributed by atoms with E-state index >= 15 is 0 Å². The molecule has 0 spiro atoms. The summed E-state index contributed by atoms with van der Waals surface area (Å²) < 4.78 is 0. The molecule has 0 radical (unpaired) electrons. The lowest BCUT2D eigenvalue weighted by atomic mass is 9.77. The van der Waals surface area contributed by atoms with Crippen LogP contribution in [0.15, 0.2) is 35.9 Å². The molecule has 26 heavy (non-hydrogen) atoms. The van der Waals surface area contributed by atoms with Gasteiger partial charge in [0.25, 0.3) is 5.91 Å². The first kappa shape index (κ1) is 20.2. The standard InChI is InChI=1S/C22H32N2O2/c1-17(2)8-7-12-22(3)13-11-20(25)24(16-22)15-18-9-6-10-19(14-18)21(26)23(4)5/h6,8-10,14H,7,11-13,15-16H2,1-5H3/t22-/m1/s1. The van der Waals surface area contributed by atoms with Crippen LogP contribution in [0.2, 0.25) is 0 Å². The molecule has 0 saturated carbocycles. The summed E-state index contributed by atoms with van der Waals surface area (Å²) in [6.45, 7) is 7.90. The van der Waals surface area contributed by atoms with Gasteiger partial charge in [-0.05, 0) is 56.2 Å². The van der Waals surface area contributed by atoms with E-state index in [2.05, 4.69) is 26.8 Å². The zero-order valence-electron chi connectivity index (χ0n) is 16.8. The second-order valence-corrected chi connectivity index (χ2v) is 8.28. The van der Waals surface area contributed by atoms with Crippen LogP contribution in [0.5, 0.6) is 0 Å². The summed E-state index contributed by atoms with van der Waals surface area (Å²) in [4.78, 5) is 28.1. The van der Waals surface area contributed by atoms with E-state index in [1.165, 1.54) is 5.57 Å². The van der Waals surface area contributed by atoms with Crippen molar-refractivity contribution in [3.05, 3.63) is 47.0 Å². The molecule has 142 valence electrons. The zero-order valence-corrected chi connectivity index (χ0v) is 16.8. The van der Waals surface area contributed by atoms with Crippen LogP contribution in [-0.2, 0) is 11.3 Å². The van der Waals surface area contributed by atoms with Crippen molar-refractivity contribution in [1.29, 1.82) is 0 Å².